The Balaban J connectivity index is 3.16. The maximum Gasteiger partial charge on any atom is 0.129 e. The molecule has 2 nitrogen and oxygen atoms in total. The van der Waals surface area contributed by atoms with E-state index in [9.17, 15) is 4.39 Å². The minimum Gasteiger partial charge on any atom is -0.374 e. The second kappa shape index (κ2) is 7.96. The summed E-state index contributed by atoms with van der Waals surface area (Å²) in [6.07, 6.45) is 1.78. The summed E-state index contributed by atoms with van der Waals surface area (Å²) in [5.74, 6) is -0.287. The monoisotopic (exact) mass is 301 g/mol. The first-order valence-corrected chi connectivity index (χ1v) is 7.68. The first-order chi connectivity index (χ1) is 9.48. The van der Waals surface area contributed by atoms with Gasteiger partial charge in [-0.2, -0.15) is 0 Å². The van der Waals surface area contributed by atoms with Gasteiger partial charge in [0, 0.05) is 17.2 Å². The van der Waals surface area contributed by atoms with Gasteiger partial charge in [0.05, 0.1) is 11.6 Å². The van der Waals surface area contributed by atoms with Crippen molar-refractivity contribution in [3.8, 4) is 0 Å². The SMILES string of the molecule is CCCNC(c1ccc(Cl)cc1F)C(C)(CC)OCC. The van der Waals surface area contributed by atoms with Crippen LogP contribution in [-0.4, -0.2) is 18.8 Å². The standard InChI is InChI=1S/C16H25ClFNO/c1-5-10-19-15(16(4,6-2)20-7-3)13-9-8-12(17)11-14(13)18/h8-9,11,15,19H,5-7,10H2,1-4H3. The van der Waals surface area contributed by atoms with E-state index in [4.69, 9.17) is 16.3 Å². The third-order valence-electron chi connectivity index (χ3n) is 3.66. The molecule has 0 aliphatic heterocycles. The Labute approximate surface area is 126 Å². The molecule has 1 aromatic carbocycles. The molecule has 0 aromatic heterocycles. The van der Waals surface area contributed by atoms with Crippen LogP contribution in [0.3, 0.4) is 0 Å². The van der Waals surface area contributed by atoms with Crippen LogP contribution in [0.2, 0.25) is 5.02 Å². The Morgan fingerprint density at radius 1 is 1.35 bits per heavy atom. The highest BCUT2D eigenvalue weighted by Crippen LogP contribution is 2.34. The van der Waals surface area contributed by atoms with E-state index in [1.807, 2.05) is 13.8 Å². The van der Waals surface area contributed by atoms with Gasteiger partial charge in [0.2, 0.25) is 0 Å². The molecule has 114 valence electrons. The molecule has 4 heteroatoms. The third kappa shape index (κ3) is 4.18. The van der Waals surface area contributed by atoms with Gasteiger partial charge in [-0.05, 0) is 45.4 Å². The van der Waals surface area contributed by atoms with E-state index < -0.39 is 5.60 Å². The number of nitrogens with one attached hydrogen (secondary N) is 1. The van der Waals surface area contributed by atoms with E-state index in [0.29, 0.717) is 17.2 Å². The molecule has 1 rings (SSSR count). The van der Waals surface area contributed by atoms with E-state index in [0.717, 1.165) is 19.4 Å². The molecule has 0 radical (unpaired) electrons. The highest BCUT2D eigenvalue weighted by Gasteiger charge is 2.35. The number of benzene rings is 1. The molecule has 0 aliphatic rings. The van der Waals surface area contributed by atoms with E-state index >= 15 is 0 Å². The lowest BCUT2D eigenvalue weighted by Gasteiger charge is -2.38. The van der Waals surface area contributed by atoms with Gasteiger partial charge in [-0.25, -0.2) is 4.39 Å². The van der Waals surface area contributed by atoms with Crippen LogP contribution in [0.1, 0.15) is 52.1 Å². The molecule has 0 bridgehead atoms. The van der Waals surface area contributed by atoms with Gasteiger partial charge in [-0.1, -0.05) is 31.5 Å². The molecule has 0 aliphatic carbocycles. The second-order valence-corrected chi connectivity index (χ2v) is 5.59. The molecule has 1 N–H and O–H groups in total. The van der Waals surface area contributed by atoms with E-state index in [-0.39, 0.29) is 11.9 Å². The summed E-state index contributed by atoms with van der Waals surface area (Å²) in [4.78, 5) is 0. The number of hydrogen-bond acceptors (Lipinski definition) is 2. The van der Waals surface area contributed by atoms with Gasteiger partial charge in [0.15, 0.2) is 0 Å². The Hall–Kier alpha value is -0.640. The van der Waals surface area contributed by atoms with Crippen molar-refractivity contribution in [3.63, 3.8) is 0 Å². The molecule has 0 heterocycles. The maximum atomic E-state index is 14.3. The average Bonchev–Trinajstić information content (AvgIpc) is 2.41. The Morgan fingerprint density at radius 2 is 2.05 bits per heavy atom. The second-order valence-electron chi connectivity index (χ2n) is 5.15. The van der Waals surface area contributed by atoms with Crippen LogP contribution in [-0.2, 0) is 4.74 Å². The van der Waals surface area contributed by atoms with Gasteiger partial charge < -0.3 is 10.1 Å². The van der Waals surface area contributed by atoms with Gasteiger partial charge in [-0.3, -0.25) is 0 Å². The van der Waals surface area contributed by atoms with E-state index in [2.05, 4.69) is 19.2 Å². The van der Waals surface area contributed by atoms with Crippen molar-refractivity contribution in [1.29, 1.82) is 0 Å². The lowest BCUT2D eigenvalue weighted by Crippen LogP contribution is -2.44. The average molecular weight is 302 g/mol. The minimum absolute atomic E-state index is 0.190. The summed E-state index contributed by atoms with van der Waals surface area (Å²) >= 11 is 5.84. The van der Waals surface area contributed by atoms with Gasteiger partial charge in [-0.15, -0.1) is 0 Å². The third-order valence-corrected chi connectivity index (χ3v) is 3.89. The highest BCUT2D eigenvalue weighted by molar-refractivity contribution is 6.30. The maximum absolute atomic E-state index is 14.3. The molecule has 0 saturated carbocycles. The predicted octanol–water partition coefficient (Wildman–Crippen LogP) is 4.73. The smallest absolute Gasteiger partial charge is 0.129 e. The van der Waals surface area contributed by atoms with E-state index in [1.165, 1.54) is 6.07 Å². The molecule has 0 spiro atoms. The number of hydrogen-bond donors (Lipinski definition) is 1. The minimum atomic E-state index is -0.446. The zero-order valence-corrected chi connectivity index (χ0v) is 13.6. The first kappa shape index (κ1) is 17.4. The Morgan fingerprint density at radius 3 is 2.55 bits per heavy atom. The lowest BCUT2D eigenvalue weighted by molar-refractivity contribution is -0.0570. The summed E-state index contributed by atoms with van der Waals surface area (Å²) in [5, 5.41) is 3.83. The van der Waals surface area contributed by atoms with Crippen LogP contribution >= 0.6 is 11.6 Å². The van der Waals surface area contributed by atoms with Gasteiger partial charge in [0.25, 0.3) is 0 Å². The van der Waals surface area contributed by atoms with Gasteiger partial charge >= 0.3 is 0 Å². The molecule has 2 unspecified atom stereocenters. The van der Waals surface area contributed by atoms with Crippen molar-refractivity contribution < 1.29 is 9.13 Å². The summed E-state index contributed by atoms with van der Waals surface area (Å²) in [6, 6.07) is 4.64. The molecular formula is C16H25ClFNO. The van der Waals surface area contributed by atoms with Crippen LogP contribution in [0.4, 0.5) is 4.39 Å². The molecule has 0 saturated heterocycles. The zero-order valence-electron chi connectivity index (χ0n) is 12.8. The first-order valence-electron chi connectivity index (χ1n) is 7.30. The van der Waals surface area contributed by atoms with Crippen molar-refractivity contribution in [1.82, 2.24) is 5.32 Å². The van der Waals surface area contributed by atoms with Crippen molar-refractivity contribution in [2.75, 3.05) is 13.2 Å². The van der Waals surface area contributed by atoms with Crippen molar-refractivity contribution in [3.05, 3.63) is 34.6 Å². The fourth-order valence-electron chi connectivity index (χ4n) is 2.40. The molecule has 0 amide bonds. The molecule has 2 atom stereocenters. The Kier molecular flexibility index (Phi) is 6.93. The van der Waals surface area contributed by atoms with Crippen LogP contribution in [0.15, 0.2) is 18.2 Å². The van der Waals surface area contributed by atoms with Crippen LogP contribution in [0.25, 0.3) is 0 Å². The Bertz CT molecular complexity index is 427. The van der Waals surface area contributed by atoms with Crippen LogP contribution < -0.4 is 5.32 Å². The fraction of sp³-hybridized carbons (Fsp3) is 0.625. The lowest BCUT2D eigenvalue weighted by atomic mass is 9.87. The van der Waals surface area contributed by atoms with Crippen LogP contribution in [0.5, 0.6) is 0 Å². The van der Waals surface area contributed by atoms with Crippen LogP contribution in [0, 0.1) is 5.82 Å². The number of rotatable bonds is 8. The molecular weight excluding hydrogens is 277 g/mol. The van der Waals surface area contributed by atoms with Gasteiger partial charge in [0.1, 0.15) is 5.82 Å². The summed E-state index contributed by atoms with van der Waals surface area (Å²) in [5.41, 5.74) is 0.166. The van der Waals surface area contributed by atoms with E-state index in [1.54, 1.807) is 12.1 Å². The molecule has 0 fully saturated rings. The van der Waals surface area contributed by atoms with Crippen molar-refractivity contribution in [2.45, 2.75) is 52.2 Å². The predicted molar refractivity (Wildman–Crippen MR) is 82.8 cm³/mol. The largest absolute Gasteiger partial charge is 0.374 e. The highest BCUT2D eigenvalue weighted by atomic mass is 35.5. The summed E-state index contributed by atoms with van der Waals surface area (Å²) in [7, 11) is 0. The van der Waals surface area contributed by atoms with Crippen molar-refractivity contribution in [2.24, 2.45) is 0 Å². The zero-order chi connectivity index (χ0) is 15.2. The molecule has 20 heavy (non-hydrogen) atoms. The number of ether oxygens (including phenoxy) is 1. The normalized spacial score (nSPS) is 15.9. The quantitative estimate of drug-likeness (QED) is 0.750. The molecule has 1 aromatic rings. The fourth-order valence-corrected chi connectivity index (χ4v) is 2.56. The van der Waals surface area contributed by atoms with Crippen molar-refractivity contribution >= 4 is 11.6 Å². The summed E-state index contributed by atoms with van der Waals surface area (Å²) < 4.78 is 20.2. The summed E-state index contributed by atoms with van der Waals surface area (Å²) in [6.45, 7) is 9.55. The topological polar surface area (TPSA) is 21.3 Å². The number of halogens is 2.